The maximum Gasteiger partial charge on any atom is 0.290 e. The zero-order valence-electron chi connectivity index (χ0n) is 20.5. The van der Waals surface area contributed by atoms with Crippen LogP contribution in [0.4, 0.5) is 0 Å². The molecule has 2 heterocycles. The summed E-state index contributed by atoms with van der Waals surface area (Å²) in [5, 5.41) is 0.799. The second-order valence-corrected chi connectivity index (χ2v) is 9.73. The normalized spacial score (nSPS) is 14.6. The average molecular weight is 522 g/mol. The number of ether oxygens (including phenoxy) is 1. The topological polar surface area (TPSA) is 59.8 Å². The molecule has 0 saturated carbocycles. The van der Waals surface area contributed by atoms with Gasteiger partial charge in [0.05, 0.1) is 17.0 Å². The molecule has 6 rings (SSSR count). The molecular weight excluding hydrogens is 498 g/mol. The molecule has 0 spiro atoms. The second-order valence-electron chi connectivity index (χ2n) is 9.29. The van der Waals surface area contributed by atoms with Crippen LogP contribution in [-0.4, -0.2) is 17.4 Å². The Labute approximate surface area is 224 Å². The highest BCUT2D eigenvalue weighted by molar-refractivity contribution is 6.31. The lowest BCUT2D eigenvalue weighted by molar-refractivity contribution is 0.0730. The molecule has 1 unspecified atom stereocenters. The number of amides is 1. The van der Waals surface area contributed by atoms with Crippen molar-refractivity contribution in [3.8, 4) is 5.75 Å². The fourth-order valence-corrected chi connectivity index (χ4v) is 5.12. The Balaban J connectivity index is 1.37. The summed E-state index contributed by atoms with van der Waals surface area (Å²) in [6.45, 7) is 0.880. The van der Waals surface area contributed by atoms with E-state index in [2.05, 4.69) is 0 Å². The Kier molecular flexibility index (Phi) is 6.44. The van der Waals surface area contributed by atoms with Crippen LogP contribution in [-0.2, 0) is 13.0 Å². The van der Waals surface area contributed by atoms with Crippen LogP contribution in [0.2, 0.25) is 5.02 Å². The summed E-state index contributed by atoms with van der Waals surface area (Å²) in [7, 11) is 0. The highest BCUT2D eigenvalue weighted by Crippen LogP contribution is 2.39. The number of rotatable bonds is 7. The number of carbonyl (C=O) groups excluding carboxylic acids is 1. The van der Waals surface area contributed by atoms with E-state index in [4.69, 9.17) is 20.8 Å². The van der Waals surface area contributed by atoms with Gasteiger partial charge >= 0.3 is 0 Å². The molecule has 38 heavy (non-hydrogen) atoms. The number of halogens is 1. The number of fused-ring (bicyclic) bond motifs is 2. The molecule has 0 saturated heterocycles. The van der Waals surface area contributed by atoms with E-state index >= 15 is 0 Å². The van der Waals surface area contributed by atoms with E-state index < -0.39 is 6.04 Å². The van der Waals surface area contributed by atoms with Crippen molar-refractivity contribution < 1.29 is 13.9 Å². The van der Waals surface area contributed by atoms with E-state index in [9.17, 15) is 9.59 Å². The van der Waals surface area contributed by atoms with Gasteiger partial charge in [0.15, 0.2) is 5.43 Å². The Hall–Kier alpha value is -4.35. The van der Waals surface area contributed by atoms with Crippen LogP contribution in [0.15, 0.2) is 112 Å². The third-order valence-corrected chi connectivity index (χ3v) is 7.09. The second kappa shape index (κ2) is 10.2. The van der Waals surface area contributed by atoms with Crippen molar-refractivity contribution in [1.29, 1.82) is 0 Å². The molecule has 1 aliphatic heterocycles. The van der Waals surface area contributed by atoms with Crippen molar-refractivity contribution >= 4 is 28.5 Å². The SMILES string of the molecule is O=C1c2oc3ccc(Cl)cc3c(=O)c2C(c2ccc(OCc3ccccc3)cc2)N1CCc1ccccc1. The summed E-state index contributed by atoms with van der Waals surface area (Å²) in [6.07, 6.45) is 0.648. The molecule has 6 heteroatoms. The number of carbonyl (C=O) groups is 1. The van der Waals surface area contributed by atoms with Gasteiger partial charge in [-0.15, -0.1) is 0 Å². The predicted octanol–water partition coefficient (Wildman–Crippen LogP) is 6.81. The molecule has 0 N–H and O–H groups in total. The van der Waals surface area contributed by atoms with E-state index in [1.54, 1.807) is 23.1 Å². The van der Waals surface area contributed by atoms with E-state index in [1.807, 2.05) is 84.9 Å². The van der Waals surface area contributed by atoms with Gasteiger partial charge in [-0.25, -0.2) is 0 Å². The lowest BCUT2D eigenvalue weighted by Gasteiger charge is -2.25. The molecular formula is C32H24ClNO4. The highest BCUT2D eigenvalue weighted by atomic mass is 35.5. The summed E-state index contributed by atoms with van der Waals surface area (Å²) in [4.78, 5) is 29.1. The lowest BCUT2D eigenvalue weighted by Crippen LogP contribution is -2.31. The van der Waals surface area contributed by atoms with Crippen LogP contribution in [0.3, 0.4) is 0 Å². The fourth-order valence-electron chi connectivity index (χ4n) is 4.95. The van der Waals surface area contributed by atoms with Crippen LogP contribution in [0, 0.1) is 0 Å². The minimum atomic E-state index is -0.580. The van der Waals surface area contributed by atoms with Gasteiger partial charge < -0.3 is 14.1 Å². The number of hydrogen-bond acceptors (Lipinski definition) is 4. The molecule has 0 radical (unpaired) electrons. The molecule has 188 valence electrons. The first-order chi connectivity index (χ1) is 18.6. The molecule has 0 bridgehead atoms. The van der Waals surface area contributed by atoms with Crippen LogP contribution in [0.1, 0.15) is 38.9 Å². The maximum atomic E-state index is 13.7. The fraction of sp³-hybridized carbons (Fsp3) is 0.125. The van der Waals surface area contributed by atoms with E-state index in [-0.39, 0.29) is 17.1 Å². The minimum absolute atomic E-state index is 0.0901. The third kappa shape index (κ3) is 4.57. The molecule has 5 aromatic rings. The summed E-state index contributed by atoms with van der Waals surface area (Å²) in [6, 6.07) is 31.8. The van der Waals surface area contributed by atoms with Crippen molar-refractivity contribution in [2.75, 3.05) is 6.54 Å². The summed E-state index contributed by atoms with van der Waals surface area (Å²) in [5.41, 5.74) is 3.44. The number of hydrogen-bond donors (Lipinski definition) is 0. The third-order valence-electron chi connectivity index (χ3n) is 6.86. The van der Waals surface area contributed by atoms with Crippen molar-refractivity contribution in [2.24, 2.45) is 0 Å². The zero-order valence-corrected chi connectivity index (χ0v) is 21.2. The first-order valence-corrected chi connectivity index (χ1v) is 12.8. The maximum absolute atomic E-state index is 13.7. The summed E-state index contributed by atoms with van der Waals surface area (Å²) >= 11 is 6.19. The Morgan fingerprint density at radius 3 is 2.21 bits per heavy atom. The van der Waals surface area contributed by atoms with Crippen molar-refractivity contribution in [1.82, 2.24) is 4.90 Å². The molecule has 0 aliphatic carbocycles. The van der Waals surface area contributed by atoms with Gasteiger partial charge in [0, 0.05) is 11.6 Å². The number of nitrogens with zero attached hydrogens (tertiary/aromatic N) is 1. The zero-order chi connectivity index (χ0) is 26.1. The monoisotopic (exact) mass is 521 g/mol. The molecule has 1 aromatic heterocycles. The smallest absolute Gasteiger partial charge is 0.290 e. The van der Waals surface area contributed by atoms with E-state index in [0.29, 0.717) is 46.9 Å². The molecule has 1 aliphatic rings. The predicted molar refractivity (Wildman–Crippen MR) is 148 cm³/mol. The average Bonchev–Trinajstić information content (AvgIpc) is 3.24. The van der Waals surface area contributed by atoms with Crippen LogP contribution in [0.5, 0.6) is 5.75 Å². The van der Waals surface area contributed by atoms with Crippen molar-refractivity contribution in [2.45, 2.75) is 19.1 Å². The van der Waals surface area contributed by atoms with Crippen molar-refractivity contribution in [3.63, 3.8) is 0 Å². The van der Waals surface area contributed by atoms with Gasteiger partial charge in [0.25, 0.3) is 5.91 Å². The standard InChI is InChI=1S/C32H24ClNO4/c33-24-13-16-27-26(19-24)30(35)28-29(23-11-14-25(15-12-23)37-20-22-9-5-2-6-10-22)34(32(36)31(28)38-27)18-17-21-7-3-1-4-8-21/h1-16,19,29H,17-18,20H2. The van der Waals surface area contributed by atoms with E-state index in [0.717, 1.165) is 16.7 Å². The van der Waals surface area contributed by atoms with Gasteiger partial charge in [-0.2, -0.15) is 0 Å². The van der Waals surface area contributed by atoms with Gasteiger partial charge in [-0.05, 0) is 53.4 Å². The van der Waals surface area contributed by atoms with Crippen LogP contribution < -0.4 is 10.2 Å². The lowest BCUT2D eigenvalue weighted by atomic mass is 9.98. The summed E-state index contributed by atoms with van der Waals surface area (Å²) < 4.78 is 12.0. The van der Waals surface area contributed by atoms with E-state index in [1.165, 1.54) is 0 Å². The van der Waals surface area contributed by atoms with Gasteiger partial charge in [0.2, 0.25) is 5.76 Å². The highest BCUT2D eigenvalue weighted by Gasteiger charge is 2.42. The Bertz CT molecular complexity index is 1660. The van der Waals surface area contributed by atoms with Gasteiger partial charge in [0.1, 0.15) is 17.9 Å². The van der Waals surface area contributed by atoms with Gasteiger partial charge in [-0.1, -0.05) is 84.4 Å². The molecule has 1 amide bonds. The Morgan fingerprint density at radius 1 is 0.816 bits per heavy atom. The van der Waals surface area contributed by atoms with Crippen molar-refractivity contribution in [3.05, 3.63) is 146 Å². The molecule has 0 fully saturated rings. The first-order valence-electron chi connectivity index (χ1n) is 12.5. The first kappa shape index (κ1) is 24.0. The number of benzene rings is 4. The van der Waals surface area contributed by atoms with Crippen LogP contribution >= 0.6 is 11.6 Å². The quantitative estimate of drug-likeness (QED) is 0.236. The summed E-state index contributed by atoms with van der Waals surface area (Å²) in [5.74, 6) is 0.502. The van der Waals surface area contributed by atoms with Gasteiger partial charge in [-0.3, -0.25) is 9.59 Å². The molecule has 4 aromatic carbocycles. The Morgan fingerprint density at radius 2 is 1.50 bits per heavy atom. The van der Waals surface area contributed by atoms with Crippen LogP contribution in [0.25, 0.3) is 11.0 Å². The minimum Gasteiger partial charge on any atom is -0.489 e. The molecule has 1 atom stereocenters. The largest absolute Gasteiger partial charge is 0.489 e. The molecule has 5 nitrogen and oxygen atoms in total.